The van der Waals surface area contributed by atoms with E-state index in [9.17, 15) is 4.79 Å². The highest BCUT2D eigenvalue weighted by Gasteiger charge is 2.30. The first-order valence-corrected chi connectivity index (χ1v) is 5.37. The number of amides is 1. The van der Waals surface area contributed by atoms with Crippen LogP contribution < -0.4 is 10.6 Å². The van der Waals surface area contributed by atoms with E-state index >= 15 is 0 Å². The van der Waals surface area contributed by atoms with Crippen LogP contribution in [-0.2, 0) is 4.79 Å². The molecule has 1 saturated heterocycles. The molecular weight excluding hydrogens is 235 g/mol. The van der Waals surface area contributed by atoms with Crippen molar-refractivity contribution in [3.63, 3.8) is 0 Å². The number of hydrogen-bond acceptors (Lipinski definition) is 2. The summed E-state index contributed by atoms with van der Waals surface area (Å²) in [5, 5.41) is 1.03. The maximum absolute atomic E-state index is 11.7. The zero-order valence-electron chi connectivity index (χ0n) is 7.91. The van der Waals surface area contributed by atoms with Crippen molar-refractivity contribution in [3.05, 3.63) is 28.2 Å². The van der Waals surface area contributed by atoms with Crippen LogP contribution in [0.1, 0.15) is 6.42 Å². The van der Waals surface area contributed by atoms with Gasteiger partial charge in [-0.1, -0.05) is 23.2 Å². The van der Waals surface area contributed by atoms with E-state index in [1.54, 1.807) is 23.1 Å². The number of anilines is 1. The molecule has 1 aliphatic heterocycles. The molecule has 1 heterocycles. The van der Waals surface area contributed by atoms with Crippen molar-refractivity contribution in [2.45, 2.75) is 12.5 Å². The third kappa shape index (κ3) is 1.95. The molecule has 0 radical (unpaired) electrons. The van der Waals surface area contributed by atoms with Gasteiger partial charge in [-0.05, 0) is 24.6 Å². The standard InChI is InChI=1S/C10H10Cl2N2O/c11-6-1-2-9(7(12)5-6)14-4-3-8(13)10(14)15/h1-2,5,8H,3-4,13H2/t8-/m1/s1. The Hall–Kier alpha value is -0.770. The first-order chi connectivity index (χ1) is 7.09. The number of halogens is 2. The lowest BCUT2D eigenvalue weighted by molar-refractivity contribution is -0.118. The number of nitrogens with two attached hydrogens (primary N) is 1. The molecule has 5 heteroatoms. The third-order valence-electron chi connectivity index (χ3n) is 2.45. The largest absolute Gasteiger partial charge is 0.320 e. The van der Waals surface area contributed by atoms with E-state index in [-0.39, 0.29) is 5.91 Å². The van der Waals surface area contributed by atoms with Crippen molar-refractivity contribution in [2.75, 3.05) is 11.4 Å². The van der Waals surface area contributed by atoms with E-state index in [2.05, 4.69) is 0 Å². The van der Waals surface area contributed by atoms with Crippen LogP contribution in [0.5, 0.6) is 0 Å². The molecule has 0 aliphatic carbocycles. The van der Waals surface area contributed by atoms with Gasteiger partial charge in [0.05, 0.1) is 16.8 Å². The van der Waals surface area contributed by atoms with Gasteiger partial charge in [-0.25, -0.2) is 0 Å². The molecule has 1 amide bonds. The van der Waals surface area contributed by atoms with E-state index in [0.29, 0.717) is 28.7 Å². The lowest BCUT2D eigenvalue weighted by Crippen LogP contribution is -2.34. The zero-order chi connectivity index (χ0) is 11.0. The van der Waals surface area contributed by atoms with Crippen LogP contribution in [-0.4, -0.2) is 18.5 Å². The average molecular weight is 245 g/mol. The lowest BCUT2D eigenvalue weighted by atomic mass is 10.3. The topological polar surface area (TPSA) is 46.3 Å². The zero-order valence-corrected chi connectivity index (χ0v) is 9.42. The molecule has 0 bridgehead atoms. The SMILES string of the molecule is N[C@@H]1CCN(c2ccc(Cl)cc2Cl)C1=O. The Morgan fingerprint density at radius 1 is 1.40 bits per heavy atom. The summed E-state index contributed by atoms with van der Waals surface area (Å²) >= 11 is 11.8. The Morgan fingerprint density at radius 3 is 2.67 bits per heavy atom. The molecule has 0 unspecified atom stereocenters. The van der Waals surface area contributed by atoms with Gasteiger partial charge in [0.15, 0.2) is 0 Å². The van der Waals surface area contributed by atoms with Gasteiger partial charge in [-0.3, -0.25) is 4.79 Å². The van der Waals surface area contributed by atoms with Gasteiger partial charge in [-0.2, -0.15) is 0 Å². The second kappa shape index (κ2) is 4.00. The lowest BCUT2D eigenvalue weighted by Gasteiger charge is -2.17. The second-order valence-corrected chi connectivity index (χ2v) is 4.32. The van der Waals surface area contributed by atoms with E-state index in [0.717, 1.165) is 0 Å². The highest BCUT2D eigenvalue weighted by molar-refractivity contribution is 6.36. The Balaban J connectivity index is 2.34. The Morgan fingerprint density at radius 2 is 2.13 bits per heavy atom. The molecule has 80 valence electrons. The molecule has 0 spiro atoms. The molecule has 1 fully saturated rings. The summed E-state index contributed by atoms with van der Waals surface area (Å²) in [4.78, 5) is 13.3. The number of nitrogens with zero attached hydrogens (tertiary/aromatic N) is 1. The summed E-state index contributed by atoms with van der Waals surface area (Å²) in [6, 6.07) is 4.66. The minimum absolute atomic E-state index is 0.0841. The van der Waals surface area contributed by atoms with Gasteiger partial charge in [0.1, 0.15) is 0 Å². The highest BCUT2D eigenvalue weighted by atomic mass is 35.5. The average Bonchev–Trinajstić information content (AvgIpc) is 2.49. The third-order valence-corrected chi connectivity index (χ3v) is 2.99. The summed E-state index contributed by atoms with van der Waals surface area (Å²) in [6.45, 7) is 0.612. The van der Waals surface area contributed by atoms with Crippen LogP contribution in [0.15, 0.2) is 18.2 Å². The van der Waals surface area contributed by atoms with Crippen LogP contribution in [0.4, 0.5) is 5.69 Å². The Bertz CT molecular complexity index is 408. The summed E-state index contributed by atoms with van der Waals surface area (Å²) in [5.74, 6) is -0.0841. The van der Waals surface area contributed by atoms with Gasteiger partial charge >= 0.3 is 0 Å². The first kappa shape index (κ1) is 10.7. The normalized spacial score (nSPS) is 21.1. The van der Waals surface area contributed by atoms with Crippen molar-refractivity contribution < 1.29 is 4.79 Å². The van der Waals surface area contributed by atoms with Crippen LogP contribution in [0.25, 0.3) is 0 Å². The van der Waals surface area contributed by atoms with Gasteiger partial charge < -0.3 is 10.6 Å². The molecular formula is C10H10Cl2N2O. The summed E-state index contributed by atoms with van der Waals surface area (Å²) < 4.78 is 0. The molecule has 0 saturated carbocycles. The van der Waals surface area contributed by atoms with Crippen LogP contribution in [0.2, 0.25) is 10.0 Å². The second-order valence-electron chi connectivity index (χ2n) is 3.48. The van der Waals surface area contributed by atoms with Gasteiger partial charge in [0.25, 0.3) is 0 Å². The van der Waals surface area contributed by atoms with E-state index < -0.39 is 6.04 Å². The van der Waals surface area contributed by atoms with E-state index in [4.69, 9.17) is 28.9 Å². The molecule has 1 aromatic carbocycles. The molecule has 2 rings (SSSR count). The summed E-state index contributed by atoms with van der Waals surface area (Å²) in [6.07, 6.45) is 0.664. The first-order valence-electron chi connectivity index (χ1n) is 4.61. The molecule has 2 N–H and O–H groups in total. The minimum Gasteiger partial charge on any atom is -0.320 e. The summed E-state index contributed by atoms with van der Waals surface area (Å²) in [5.41, 5.74) is 6.31. The minimum atomic E-state index is -0.406. The molecule has 1 aliphatic rings. The summed E-state index contributed by atoms with van der Waals surface area (Å²) in [7, 11) is 0. The van der Waals surface area contributed by atoms with Crippen molar-refractivity contribution in [2.24, 2.45) is 5.73 Å². The van der Waals surface area contributed by atoms with Crippen molar-refractivity contribution in [1.82, 2.24) is 0 Å². The Kier molecular flexibility index (Phi) is 2.87. The number of benzene rings is 1. The van der Waals surface area contributed by atoms with Gasteiger partial charge in [0.2, 0.25) is 5.91 Å². The molecule has 1 atom stereocenters. The van der Waals surface area contributed by atoms with Gasteiger partial charge in [-0.15, -0.1) is 0 Å². The molecule has 15 heavy (non-hydrogen) atoms. The monoisotopic (exact) mass is 244 g/mol. The van der Waals surface area contributed by atoms with E-state index in [1.165, 1.54) is 0 Å². The smallest absolute Gasteiger partial charge is 0.244 e. The number of carbonyl (C=O) groups excluding carboxylic acids is 1. The van der Waals surface area contributed by atoms with Crippen molar-refractivity contribution in [1.29, 1.82) is 0 Å². The van der Waals surface area contributed by atoms with Gasteiger partial charge in [0, 0.05) is 11.6 Å². The predicted molar refractivity (Wildman–Crippen MR) is 61.4 cm³/mol. The van der Waals surface area contributed by atoms with Crippen LogP contribution in [0, 0.1) is 0 Å². The van der Waals surface area contributed by atoms with Crippen molar-refractivity contribution >= 4 is 34.8 Å². The number of rotatable bonds is 1. The fraction of sp³-hybridized carbons (Fsp3) is 0.300. The number of hydrogen-bond donors (Lipinski definition) is 1. The van der Waals surface area contributed by atoms with Crippen LogP contribution in [0.3, 0.4) is 0 Å². The molecule has 1 aromatic rings. The highest BCUT2D eigenvalue weighted by Crippen LogP contribution is 2.31. The predicted octanol–water partition coefficient (Wildman–Crippen LogP) is 2.06. The van der Waals surface area contributed by atoms with Crippen LogP contribution >= 0.6 is 23.2 Å². The quantitative estimate of drug-likeness (QED) is 0.823. The molecule has 0 aromatic heterocycles. The maximum Gasteiger partial charge on any atom is 0.244 e. The number of carbonyl (C=O) groups is 1. The fourth-order valence-electron chi connectivity index (χ4n) is 1.64. The maximum atomic E-state index is 11.7. The van der Waals surface area contributed by atoms with Crippen molar-refractivity contribution in [3.8, 4) is 0 Å². The van der Waals surface area contributed by atoms with E-state index in [1.807, 2.05) is 0 Å². The Labute approximate surface area is 97.8 Å². The fourth-order valence-corrected chi connectivity index (χ4v) is 2.15. The molecule has 3 nitrogen and oxygen atoms in total.